The van der Waals surface area contributed by atoms with Crippen molar-refractivity contribution in [1.82, 2.24) is 9.97 Å². The highest BCUT2D eigenvalue weighted by Gasteiger charge is 2.30. The summed E-state index contributed by atoms with van der Waals surface area (Å²) in [6, 6.07) is 8.72. The van der Waals surface area contributed by atoms with Gasteiger partial charge >= 0.3 is 0 Å². The van der Waals surface area contributed by atoms with Gasteiger partial charge in [-0.2, -0.15) is 27.0 Å². The third-order valence-corrected chi connectivity index (χ3v) is 5.88. The van der Waals surface area contributed by atoms with Crippen molar-refractivity contribution in [3.8, 4) is 5.75 Å². The maximum absolute atomic E-state index is 14.1. The Morgan fingerprint density at radius 3 is 2.88 bits per heavy atom. The number of halogens is 1. The van der Waals surface area contributed by atoms with E-state index in [2.05, 4.69) is 27.0 Å². The Bertz CT molecular complexity index is 1170. The lowest BCUT2D eigenvalue weighted by Gasteiger charge is -2.28. The van der Waals surface area contributed by atoms with Crippen LogP contribution in [-0.2, 0) is 0 Å². The standard InChI is InChI=1S/C23H22FN5O.2H2S/c1-14-9-11-30-20-7-5-15(24)12-16(20)19-4-3-10-29(19)21-8-6-17-22(28-21)23(27-14)18(25-2)13-26-17;;/h5-8,12-14,19,27H,3-4,9-11H2,1H3;2*1H2/t14-,19-;;/m0../s1. The van der Waals surface area contributed by atoms with Gasteiger partial charge in [0.1, 0.15) is 22.9 Å². The number of fused-ring (bicyclic) bond motifs is 5. The Kier molecular flexibility index (Phi) is 7.36. The van der Waals surface area contributed by atoms with Crippen molar-refractivity contribution in [2.45, 2.75) is 38.3 Å². The molecule has 4 heterocycles. The fourth-order valence-corrected chi connectivity index (χ4v) is 4.37. The number of nitrogens with zero attached hydrogens (tertiary/aromatic N) is 4. The molecule has 168 valence electrons. The molecule has 1 saturated heterocycles. The number of anilines is 2. The van der Waals surface area contributed by atoms with Crippen LogP contribution in [0.2, 0.25) is 0 Å². The molecule has 3 aromatic rings. The summed E-state index contributed by atoms with van der Waals surface area (Å²) in [4.78, 5) is 15.2. The minimum absolute atomic E-state index is 0. The van der Waals surface area contributed by atoms with Crippen molar-refractivity contribution in [3.63, 3.8) is 0 Å². The Balaban J connectivity index is 0.00000144. The monoisotopic (exact) mass is 471 g/mol. The smallest absolute Gasteiger partial charge is 0.229 e. The van der Waals surface area contributed by atoms with Gasteiger partial charge in [0.25, 0.3) is 0 Å². The Morgan fingerprint density at radius 1 is 1.22 bits per heavy atom. The summed E-state index contributed by atoms with van der Waals surface area (Å²) in [7, 11) is 0. The first-order valence-corrected chi connectivity index (χ1v) is 10.3. The lowest BCUT2D eigenvalue weighted by atomic mass is 10.0. The molecule has 0 unspecified atom stereocenters. The first-order chi connectivity index (χ1) is 14.6. The average molecular weight is 472 g/mol. The van der Waals surface area contributed by atoms with Crippen LogP contribution in [0.15, 0.2) is 36.5 Å². The SMILES string of the molecule is S.S.[C-]#[N+]c1cnc2ccc3nc2c1N[C@@H](C)CCOc1ccc(F)cc1[C@@H]1CCCN31. The lowest BCUT2D eigenvalue weighted by molar-refractivity contribution is 0.299. The van der Waals surface area contributed by atoms with E-state index in [-0.39, 0.29) is 44.9 Å². The molecule has 9 heteroatoms. The molecule has 1 aromatic carbocycles. The van der Waals surface area contributed by atoms with Gasteiger partial charge in [0.15, 0.2) is 0 Å². The van der Waals surface area contributed by atoms with E-state index in [9.17, 15) is 4.39 Å². The molecule has 5 rings (SSSR count). The molecule has 0 aliphatic carbocycles. The number of nitrogens with one attached hydrogen (secondary N) is 1. The molecule has 2 aliphatic heterocycles. The zero-order chi connectivity index (χ0) is 20.7. The molecular weight excluding hydrogens is 445 g/mol. The zero-order valence-corrected chi connectivity index (χ0v) is 19.7. The van der Waals surface area contributed by atoms with Crippen LogP contribution < -0.4 is 15.0 Å². The molecule has 1 fully saturated rings. The van der Waals surface area contributed by atoms with Gasteiger partial charge in [-0.15, -0.1) is 0 Å². The van der Waals surface area contributed by atoms with Gasteiger partial charge < -0.3 is 15.0 Å². The van der Waals surface area contributed by atoms with E-state index in [1.807, 2.05) is 12.1 Å². The second kappa shape index (κ2) is 9.84. The minimum atomic E-state index is -0.261. The van der Waals surface area contributed by atoms with E-state index in [0.29, 0.717) is 23.5 Å². The van der Waals surface area contributed by atoms with Crippen LogP contribution in [0.5, 0.6) is 5.75 Å². The molecule has 2 bridgehead atoms. The van der Waals surface area contributed by atoms with Crippen molar-refractivity contribution in [2.24, 2.45) is 0 Å². The number of pyridine rings is 2. The number of hydrogen-bond acceptors (Lipinski definition) is 5. The maximum Gasteiger partial charge on any atom is 0.229 e. The van der Waals surface area contributed by atoms with E-state index in [1.165, 1.54) is 6.07 Å². The van der Waals surface area contributed by atoms with Crippen molar-refractivity contribution in [2.75, 3.05) is 23.4 Å². The van der Waals surface area contributed by atoms with Gasteiger partial charge in [-0.05, 0) is 50.1 Å². The first kappa shape index (κ1) is 24.0. The van der Waals surface area contributed by atoms with E-state index < -0.39 is 0 Å². The largest absolute Gasteiger partial charge is 0.493 e. The predicted molar refractivity (Wildman–Crippen MR) is 135 cm³/mol. The third-order valence-electron chi connectivity index (χ3n) is 5.88. The topological polar surface area (TPSA) is 54.6 Å². The fraction of sp³-hybridized carbons (Fsp3) is 0.348. The van der Waals surface area contributed by atoms with Crippen LogP contribution in [0, 0.1) is 12.4 Å². The highest BCUT2D eigenvalue weighted by Crippen LogP contribution is 2.41. The van der Waals surface area contributed by atoms with E-state index in [0.717, 1.165) is 48.5 Å². The van der Waals surface area contributed by atoms with Gasteiger partial charge in [0.05, 0.1) is 30.4 Å². The molecular formula is C23H26FN5OS2. The summed E-state index contributed by atoms with van der Waals surface area (Å²) in [5, 5.41) is 3.45. The Morgan fingerprint density at radius 2 is 2.06 bits per heavy atom. The second-order valence-electron chi connectivity index (χ2n) is 7.88. The van der Waals surface area contributed by atoms with Crippen LogP contribution in [0.3, 0.4) is 0 Å². The summed E-state index contributed by atoms with van der Waals surface area (Å²) < 4.78 is 20.2. The lowest BCUT2D eigenvalue weighted by Crippen LogP contribution is -2.24. The van der Waals surface area contributed by atoms with Gasteiger partial charge in [-0.3, -0.25) is 4.98 Å². The summed E-state index contributed by atoms with van der Waals surface area (Å²) in [5.74, 6) is 1.27. The van der Waals surface area contributed by atoms with Crippen molar-refractivity contribution >= 4 is 55.2 Å². The number of aromatic nitrogens is 2. The van der Waals surface area contributed by atoms with E-state index in [1.54, 1.807) is 18.3 Å². The Hall–Kier alpha value is -2.70. The van der Waals surface area contributed by atoms with Crippen LogP contribution >= 0.6 is 27.0 Å². The molecule has 32 heavy (non-hydrogen) atoms. The number of hydrogen-bond donors (Lipinski definition) is 1. The van der Waals surface area contributed by atoms with Crippen molar-refractivity contribution in [1.29, 1.82) is 0 Å². The number of ether oxygens (including phenoxy) is 1. The van der Waals surface area contributed by atoms with Gasteiger partial charge in [0, 0.05) is 30.8 Å². The first-order valence-electron chi connectivity index (χ1n) is 10.3. The van der Waals surface area contributed by atoms with Crippen molar-refractivity contribution < 1.29 is 9.13 Å². The zero-order valence-electron chi connectivity index (χ0n) is 17.7. The van der Waals surface area contributed by atoms with Crippen LogP contribution in [0.4, 0.5) is 21.6 Å². The van der Waals surface area contributed by atoms with Crippen LogP contribution in [0.1, 0.15) is 37.8 Å². The van der Waals surface area contributed by atoms with Gasteiger partial charge in [-0.25, -0.2) is 14.2 Å². The summed E-state index contributed by atoms with van der Waals surface area (Å²) in [6.45, 7) is 10.9. The van der Waals surface area contributed by atoms with Crippen molar-refractivity contribution in [3.05, 3.63) is 59.3 Å². The number of rotatable bonds is 0. The number of benzene rings is 1. The molecule has 6 nitrogen and oxygen atoms in total. The van der Waals surface area contributed by atoms with E-state index in [4.69, 9.17) is 16.3 Å². The normalized spacial score (nSPS) is 19.5. The summed E-state index contributed by atoms with van der Waals surface area (Å²) in [5.41, 5.74) is 3.47. The van der Waals surface area contributed by atoms with Gasteiger partial charge in [0.2, 0.25) is 5.69 Å². The van der Waals surface area contributed by atoms with E-state index >= 15 is 0 Å². The molecule has 2 atom stereocenters. The van der Waals surface area contributed by atoms with Crippen LogP contribution in [-0.4, -0.2) is 29.2 Å². The summed E-state index contributed by atoms with van der Waals surface area (Å²) in [6.07, 6.45) is 4.22. The second-order valence-corrected chi connectivity index (χ2v) is 7.88. The minimum Gasteiger partial charge on any atom is -0.493 e. The summed E-state index contributed by atoms with van der Waals surface area (Å²) >= 11 is 0. The molecule has 1 N–H and O–H groups in total. The highest BCUT2D eigenvalue weighted by molar-refractivity contribution is 7.59. The third kappa shape index (κ3) is 4.30. The molecule has 0 spiro atoms. The predicted octanol–water partition coefficient (Wildman–Crippen LogP) is 5.47. The fourth-order valence-electron chi connectivity index (χ4n) is 4.37. The van der Waals surface area contributed by atoms with Gasteiger partial charge in [-0.1, -0.05) is 0 Å². The molecule has 0 amide bonds. The average Bonchev–Trinajstić information content (AvgIpc) is 3.24. The molecule has 2 aromatic heterocycles. The molecule has 2 aliphatic rings. The quantitative estimate of drug-likeness (QED) is 0.441. The Labute approximate surface area is 200 Å². The molecule has 0 saturated carbocycles. The van der Waals surface area contributed by atoms with Crippen LogP contribution in [0.25, 0.3) is 15.9 Å². The maximum atomic E-state index is 14.1. The molecule has 0 radical (unpaired) electrons. The highest BCUT2D eigenvalue weighted by atomic mass is 32.1.